The quantitative estimate of drug-likeness (QED) is 0.673. The van der Waals surface area contributed by atoms with Crippen molar-refractivity contribution >= 4 is 28.8 Å². The molecule has 6 heteroatoms. The fraction of sp³-hybridized carbons (Fsp3) is 0.261. The number of fused-ring (bicyclic) bond motifs is 1. The van der Waals surface area contributed by atoms with Crippen LogP contribution in [0.3, 0.4) is 0 Å². The molecule has 0 radical (unpaired) electrons. The van der Waals surface area contributed by atoms with Gasteiger partial charge in [0.1, 0.15) is 5.58 Å². The Balaban J connectivity index is 1.58. The maximum atomic E-state index is 12.2. The third kappa shape index (κ3) is 4.54. The number of para-hydroxylation sites is 1. The zero-order chi connectivity index (χ0) is 21.2. The first-order valence-corrected chi connectivity index (χ1v) is 9.27. The molecule has 0 aliphatic heterocycles. The summed E-state index contributed by atoms with van der Waals surface area (Å²) in [5.41, 5.74) is 2.60. The van der Waals surface area contributed by atoms with Crippen LogP contribution in [0.2, 0.25) is 0 Å². The number of esters is 1. The molecule has 3 rings (SSSR count). The minimum absolute atomic E-state index is 0.0339. The fourth-order valence-corrected chi connectivity index (χ4v) is 2.92. The average molecular weight is 393 g/mol. The van der Waals surface area contributed by atoms with Gasteiger partial charge in [-0.05, 0) is 36.1 Å². The smallest absolute Gasteiger partial charge is 0.375 e. The van der Waals surface area contributed by atoms with Gasteiger partial charge in [0, 0.05) is 16.5 Å². The summed E-state index contributed by atoms with van der Waals surface area (Å²) < 4.78 is 10.5. The largest absolute Gasteiger partial charge is 0.450 e. The monoisotopic (exact) mass is 393 g/mol. The van der Waals surface area contributed by atoms with Crippen LogP contribution in [0.25, 0.3) is 11.0 Å². The number of carbonyl (C=O) groups is 3. The van der Waals surface area contributed by atoms with Crippen LogP contribution in [-0.2, 0) is 14.9 Å². The van der Waals surface area contributed by atoms with E-state index in [9.17, 15) is 14.4 Å². The summed E-state index contributed by atoms with van der Waals surface area (Å²) in [4.78, 5) is 36.5. The summed E-state index contributed by atoms with van der Waals surface area (Å²) in [7, 11) is 0. The Morgan fingerprint density at radius 1 is 1.00 bits per heavy atom. The number of imide groups is 1. The normalized spacial score (nSPS) is 11.3. The van der Waals surface area contributed by atoms with Gasteiger partial charge in [0.2, 0.25) is 5.76 Å². The number of hydrogen-bond acceptors (Lipinski definition) is 5. The van der Waals surface area contributed by atoms with Crippen LogP contribution in [-0.4, -0.2) is 24.4 Å². The van der Waals surface area contributed by atoms with Crippen molar-refractivity contribution < 1.29 is 23.5 Å². The molecule has 0 aliphatic carbocycles. The molecular formula is C23H23NO5. The maximum absolute atomic E-state index is 12.2. The highest BCUT2D eigenvalue weighted by atomic mass is 16.5. The topological polar surface area (TPSA) is 85.6 Å². The molecule has 150 valence electrons. The predicted octanol–water partition coefficient (Wildman–Crippen LogP) is 4.15. The van der Waals surface area contributed by atoms with Crippen LogP contribution in [0.5, 0.6) is 0 Å². The molecule has 6 nitrogen and oxygen atoms in total. The van der Waals surface area contributed by atoms with Crippen molar-refractivity contribution in [3.8, 4) is 0 Å². The molecule has 1 aromatic heterocycles. The maximum Gasteiger partial charge on any atom is 0.375 e. The summed E-state index contributed by atoms with van der Waals surface area (Å²) in [6.45, 7) is 7.38. The van der Waals surface area contributed by atoms with Crippen molar-refractivity contribution in [3.63, 3.8) is 0 Å². The third-order valence-electron chi connectivity index (χ3n) is 4.63. The van der Waals surface area contributed by atoms with E-state index in [1.807, 2.05) is 24.3 Å². The molecule has 0 saturated carbocycles. The highest BCUT2D eigenvalue weighted by molar-refractivity contribution is 6.05. The van der Waals surface area contributed by atoms with E-state index in [4.69, 9.17) is 9.15 Å². The molecule has 1 heterocycles. The number of amides is 2. The Morgan fingerprint density at radius 3 is 2.28 bits per heavy atom. The number of furan rings is 1. The van der Waals surface area contributed by atoms with Crippen molar-refractivity contribution in [1.82, 2.24) is 5.32 Å². The third-order valence-corrected chi connectivity index (χ3v) is 4.63. The van der Waals surface area contributed by atoms with E-state index in [1.54, 1.807) is 31.2 Å². The second kappa shape index (κ2) is 7.91. The van der Waals surface area contributed by atoms with Crippen LogP contribution >= 0.6 is 0 Å². The van der Waals surface area contributed by atoms with E-state index in [-0.39, 0.29) is 11.2 Å². The first-order valence-electron chi connectivity index (χ1n) is 9.27. The number of rotatable bonds is 4. The minimum atomic E-state index is -0.754. The lowest BCUT2D eigenvalue weighted by Crippen LogP contribution is -2.34. The molecule has 0 bridgehead atoms. The second-order valence-electron chi connectivity index (χ2n) is 7.83. The van der Waals surface area contributed by atoms with Gasteiger partial charge in [0.05, 0.1) is 0 Å². The number of carbonyl (C=O) groups excluding carboxylic acids is 3. The van der Waals surface area contributed by atoms with E-state index < -0.39 is 24.4 Å². The van der Waals surface area contributed by atoms with Crippen molar-refractivity contribution in [1.29, 1.82) is 0 Å². The van der Waals surface area contributed by atoms with Gasteiger partial charge in [-0.1, -0.05) is 51.1 Å². The van der Waals surface area contributed by atoms with Crippen molar-refractivity contribution in [3.05, 3.63) is 71.0 Å². The molecule has 2 aromatic carbocycles. The summed E-state index contributed by atoms with van der Waals surface area (Å²) in [6, 6.07) is 14.2. The molecule has 3 aromatic rings. The molecule has 0 aliphatic rings. The molecule has 0 fully saturated rings. The number of aryl methyl sites for hydroxylation is 1. The number of hydrogen-bond donors (Lipinski definition) is 1. The van der Waals surface area contributed by atoms with Gasteiger partial charge in [-0.3, -0.25) is 14.9 Å². The van der Waals surface area contributed by atoms with Crippen molar-refractivity contribution in [2.75, 3.05) is 6.61 Å². The van der Waals surface area contributed by atoms with Gasteiger partial charge in [-0.2, -0.15) is 0 Å². The molecular weight excluding hydrogens is 370 g/mol. The van der Waals surface area contributed by atoms with Crippen molar-refractivity contribution in [2.24, 2.45) is 0 Å². The molecule has 0 unspecified atom stereocenters. The molecule has 0 spiro atoms. The Hall–Kier alpha value is -3.41. The SMILES string of the molecule is Cc1c(C(=O)OCC(=O)NC(=O)c2ccc(C(C)(C)C)cc2)oc2ccccc12. The molecule has 1 N–H and O–H groups in total. The minimum Gasteiger partial charge on any atom is -0.450 e. The van der Waals surface area contributed by atoms with Crippen LogP contribution in [0.15, 0.2) is 52.9 Å². The summed E-state index contributed by atoms with van der Waals surface area (Å²) in [6.07, 6.45) is 0. The van der Waals surface area contributed by atoms with Gasteiger partial charge in [-0.15, -0.1) is 0 Å². The Bertz CT molecular complexity index is 1070. The molecule has 29 heavy (non-hydrogen) atoms. The van der Waals surface area contributed by atoms with E-state index >= 15 is 0 Å². The van der Waals surface area contributed by atoms with Crippen LogP contribution in [0, 0.1) is 6.92 Å². The Kier molecular flexibility index (Phi) is 5.55. The van der Waals surface area contributed by atoms with Crippen LogP contribution in [0.1, 0.15) is 52.8 Å². The van der Waals surface area contributed by atoms with Gasteiger partial charge >= 0.3 is 5.97 Å². The van der Waals surface area contributed by atoms with Gasteiger partial charge in [-0.25, -0.2) is 4.79 Å². The van der Waals surface area contributed by atoms with E-state index in [1.165, 1.54) is 0 Å². The van der Waals surface area contributed by atoms with Crippen molar-refractivity contribution in [2.45, 2.75) is 33.1 Å². The fourth-order valence-electron chi connectivity index (χ4n) is 2.92. The summed E-state index contributed by atoms with van der Waals surface area (Å²) >= 11 is 0. The summed E-state index contributed by atoms with van der Waals surface area (Å²) in [5.74, 6) is -1.97. The number of benzene rings is 2. The molecule has 0 atom stereocenters. The van der Waals surface area contributed by atoms with E-state index in [0.717, 1.165) is 10.9 Å². The highest BCUT2D eigenvalue weighted by Crippen LogP contribution is 2.25. The van der Waals surface area contributed by atoms with Gasteiger partial charge in [0.25, 0.3) is 11.8 Å². The lowest BCUT2D eigenvalue weighted by atomic mass is 9.87. The van der Waals surface area contributed by atoms with Gasteiger partial charge < -0.3 is 9.15 Å². The average Bonchev–Trinajstić information content (AvgIpc) is 3.02. The Labute approximate surface area is 168 Å². The van der Waals surface area contributed by atoms with E-state index in [0.29, 0.717) is 16.7 Å². The lowest BCUT2D eigenvalue weighted by Gasteiger charge is -2.18. The second-order valence-corrected chi connectivity index (χ2v) is 7.83. The zero-order valence-corrected chi connectivity index (χ0v) is 16.9. The van der Waals surface area contributed by atoms with Crippen LogP contribution < -0.4 is 5.32 Å². The highest BCUT2D eigenvalue weighted by Gasteiger charge is 2.21. The molecule has 2 amide bonds. The first kappa shape index (κ1) is 20.3. The van der Waals surface area contributed by atoms with E-state index in [2.05, 4.69) is 26.1 Å². The van der Waals surface area contributed by atoms with Crippen LogP contribution in [0.4, 0.5) is 0 Å². The Morgan fingerprint density at radius 2 is 1.66 bits per heavy atom. The summed E-state index contributed by atoms with van der Waals surface area (Å²) in [5, 5.41) is 3.02. The molecule has 0 saturated heterocycles. The van der Waals surface area contributed by atoms with Gasteiger partial charge in [0.15, 0.2) is 6.61 Å². The zero-order valence-electron chi connectivity index (χ0n) is 16.9. The predicted molar refractivity (Wildman–Crippen MR) is 109 cm³/mol. The standard InChI is InChI=1S/C23H23NO5/c1-14-17-7-5-6-8-18(17)29-20(14)22(27)28-13-19(25)24-21(26)15-9-11-16(12-10-15)23(2,3)4/h5-12H,13H2,1-4H3,(H,24,25,26). The number of nitrogens with one attached hydrogen (secondary N) is 1. The lowest BCUT2D eigenvalue weighted by molar-refractivity contribution is -0.123. The number of ether oxygens (including phenoxy) is 1. The first-order chi connectivity index (χ1) is 13.7.